The molecule has 6 heteroatoms. The average Bonchev–Trinajstić information content (AvgIpc) is 3.19. The highest BCUT2D eigenvalue weighted by molar-refractivity contribution is 5.57. The zero-order valence-corrected chi connectivity index (χ0v) is 14.8. The molecule has 0 bridgehead atoms. The Morgan fingerprint density at radius 2 is 2.19 bits per heavy atom. The molecule has 3 aromatic rings. The predicted molar refractivity (Wildman–Crippen MR) is 97.5 cm³/mol. The lowest BCUT2D eigenvalue weighted by atomic mass is 9.91. The highest BCUT2D eigenvalue weighted by Gasteiger charge is 2.34. The standard InChI is InChI=1S/C20H22N4O2/c1-20(9-2-3-11-22-20)19-23-18(24-26-19)16-7-4-8-17(12-16)25-14-15-6-5-10-21-13-15/h4-8,10,12-13,22H,2-3,9,11,14H2,1H3. The molecule has 1 aliphatic rings. The monoisotopic (exact) mass is 350 g/mol. The summed E-state index contributed by atoms with van der Waals surface area (Å²) >= 11 is 0. The van der Waals surface area contributed by atoms with Crippen molar-refractivity contribution in [2.24, 2.45) is 0 Å². The Bertz CT molecular complexity index is 857. The molecule has 2 aromatic heterocycles. The van der Waals surface area contributed by atoms with E-state index in [2.05, 4.69) is 27.4 Å². The Hall–Kier alpha value is -2.73. The quantitative estimate of drug-likeness (QED) is 0.756. The van der Waals surface area contributed by atoms with Crippen molar-refractivity contribution in [2.75, 3.05) is 6.54 Å². The van der Waals surface area contributed by atoms with Crippen LogP contribution in [0.5, 0.6) is 5.75 Å². The number of aromatic nitrogens is 3. The Morgan fingerprint density at radius 1 is 1.23 bits per heavy atom. The number of ether oxygens (including phenoxy) is 1. The van der Waals surface area contributed by atoms with Crippen LogP contribution in [0.3, 0.4) is 0 Å². The molecule has 26 heavy (non-hydrogen) atoms. The van der Waals surface area contributed by atoms with E-state index in [-0.39, 0.29) is 5.54 Å². The maximum atomic E-state index is 5.86. The number of pyridine rings is 1. The highest BCUT2D eigenvalue weighted by atomic mass is 16.5. The number of hydrogen-bond acceptors (Lipinski definition) is 6. The van der Waals surface area contributed by atoms with Crippen LogP contribution in [0.2, 0.25) is 0 Å². The van der Waals surface area contributed by atoms with E-state index in [0.717, 1.165) is 29.8 Å². The lowest BCUT2D eigenvalue weighted by molar-refractivity contribution is 0.207. The van der Waals surface area contributed by atoms with Crippen molar-refractivity contribution in [3.63, 3.8) is 0 Å². The number of hydrogen-bond donors (Lipinski definition) is 1. The minimum absolute atomic E-state index is 0.238. The second-order valence-electron chi connectivity index (χ2n) is 6.82. The molecule has 1 atom stereocenters. The summed E-state index contributed by atoms with van der Waals surface area (Å²) in [5.41, 5.74) is 1.66. The van der Waals surface area contributed by atoms with Gasteiger partial charge in [0.15, 0.2) is 0 Å². The Morgan fingerprint density at radius 3 is 3.00 bits per heavy atom. The number of piperidine rings is 1. The molecule has 1 saturated heterocycles. The highest BCUT2D eigenvalue weighted by Crippen LogP contribution is 2.30. The van der Waals surface area contributed by atoms with E-state index in [9.17, 15) is 0 Å². The van der Waals surface area contributed by atoms with Crippen LogP contribution in [-0.2, 0) is 12.1 Å². The predicted octanol–water partition coefficient (Wildman–Crippen LogP) is 3.70. The van der Waals surface area contributed by atoms with Gasteiger partial charge in [-0.1, -0.05) is 23.4 Å². The van der Waals surface area contributed by atoms with Gasteiger partial charge >= 0.3 is 0 Å². The fourth-order valence-electron chi connectivity index (χ4n) is 3.18. The van der Waals surface area contributed by atoms with E-state index in [4.69, 9.17) is 9.26 Å². The second-order valence-corrected chi connectivity index (χ2v) is 6.82. The summed E-state index contributed by atoms with van der Waals surface area (Å²) in [5, 5.41) is 7.67. The normalized spacial score (nSPS) is 20.0. The van der Waals surface area contributed by atoms with Crippen LogP contribution < -0.4 is 10.1 Å². The van der Waals surface area contributed by atoms with Gasteiger partial charge in [0.25, 0.3) is 0 Å². The molecule has 1 N–H and O–H groups in total. The van der Waals surface area contributed by atoms with Crippen molar-refractivity contribution in [3.05, 3.63) is 60.2 Å². The van der Waals surface area contributed by atoms with Gasteiger partial charge in [-0.2, -0.15) is 4.98 Å². The number of nitrogens with one attached hydrogen (secondary N) is 1. The minimum atomic E-state index is -0.238. The molecule has 1 aromatic carbocycles. The van der Waals surface area contributed by atoms with Crippen LogP contribution in [0.25, 0.3) is 11.4 Å². The third-order valence-corrected chi connectivity index (χ3v) is 4.74. The Kier molecular flexibility index (Phi) is 4.67. The molecule has 0 saturated carbocycles. The van der Waals surface area contributed by atoms with Crippen molar-refractivity contribution < 1.29 is 9.26 Å². The molecule has 4 rings (SSSR count). The molecular formula is C20H22N4O2. The molecule has 1 fully saturated rings. The smallest absolute Gasteiger partial charge is 0.246 e. The summed E-state index contributed by atoms with van der Waals surface area (Å²) in [4.78, 5) is 8.73. The molecule has 134 valence electrons. The molecule has 3 heterocycles. The number of benzene rings is 1. The maximum Gasteiger partial charge on any atom is 0.246 e. The third kappa shape index (κ3) is 3.60. The maximum absolute atomic E-state index is 5.86. The van der Waals surface area contributed by atoms with Crippen LogP contribution in [0.1, 0.15) is 37.6 Å². The first-order valence-corrected chi connectivity index (χ1v) is 8.94. The number of rotatable bonds is 5. The van der Waals surface area contributed by atoms with Gasteiger partial charge in [0.05, 0.1) is 5.54 Å². The zero-order chi connectivity index (χ0) is 17.8. The van der Waals surface area contributed by atoms with E-state index < -0.39 is 0 Å². The van der Waals surface area contributed by atoms with Crippen LogP contribution in [-0.4, -0.2) is 21.7 Å². The van der Waals surface area contributed by atoms with Gasteiger partial charge in [0.1, 0.15) is 12.4 Å². The van der Waals surface area contributed by atoms with E-state index >= 15 is 0 Å². The van der Waals surface area contributed by atoms with Gasteiger partial charge in [-0.25, -0.2) is 0 Å². The fraction of sp³-hybridized carbons (Fsp3) is 0.350. The molecule has 0 aliphatic carbocycles. The summed E-state index contributed by atoms with van der Waals surface area (Å²) in [7, 11) is 0. The van der Waals surface area contributed by atoms with E-state index in [1.54, 1.807) is 12.4 Å². The first-order valence-electron chi connectivity index (χ1n) is 8.94. The van der Waals surface area contributed by atoms with Crippen molar-refractivity contribution >= 4 is 0 Å². The van der Waals surface area contributed by atoms with Crippen LogP contribution >= 0.6 is 0 Å². The van der Waals surface area contributed by atoms with Gasteiger partial charge in [0, 0.05) is 23.5 Å². The summed E-state index contributed by atoms with van der Waals surface area (Å²) in [6.45, 7) is 3.57. The van der Waals surface area contributed by atoms with Crippen molar-refractivity contribution in [1.29, 1.82) is 0 Å². The molecular weight excluding hydrogens is 328 g/mol. The summed E-state index contributed by atoms with van der Waals surface area (Å²) in [5.74, 6) is 1.99. The van der Waals surface area contributed by atoms with E-state index in [1.807, 2.05) is 36.4 Å². The lowest BCUT2D eigenvalue weighted by Crippen LogP contribution is -2.43. The van der Waals surface area contributed by atoms with Gasteiger partial charge in [-0.15, -0.1) is 0 Å². The van der Waals surface area contributed by atoms with Gasteiger partial charge in [-0.3, -0.25) is 4.98 Å². The lowest BCUT2D eigenvalue weighted by Gasteiger charge is -2.31. The SMILES string of the molecule is CC1(c2nc(-c3cccc(OCc4cccnc4)c3)no2)CCCCN1. The zero-order valence-electron chi connectivity index (χ0n) is 14.8. The summed E-state index contributed by atoms with van der Waals surface area (Å²) in [6.07, 6.45) is 6.90. The van der Waals surface area contributed by atoms with Crippen molar-refractivity contribution in [2.45, 2.75) is 38.3 Å². The average molecular weight is 350 g/mol. The van der Waals surface area contributed by atoms with Gasteiger partial charge in [0.2, 0.25) is 11.7 Å². The van der Waals surface area contributed by atoms with Crippen molar-refractivity contribution in [1.82, 2.24) is 20.4 Å². The van der Waals surface area contributed by atoms with Crippen LogP contribution in [0.4, 0.5) is 0 Å². The molecule has 0 amide bonds. The van der Waals surface area contributed by atoms with Gasteiger partial charge < -0.3 is 14.6 Å². The Balaban J connectivity index is 1.50. The van der Waals surface area contributed by atoms with E-state index in [1.165, 1.54) is 12.8 Å². The second kappa shape index (κ2) is 7.25. The first kappa shape index (κ1) is 16.7. The van der Waals surface area contributed by atoms with Crippen LogP contribution in [0, 0.1) is 0 Å². The minimum Gasteiger partial charge on any atom is -0.489 e. The largest absolute Gasteiger partial charge is 0.489 e. The topological polar surface area (TPSA) is 73.1 Å². The fourth-order valence-corrected chi connectivity index (χ4v) is 3.18. The van der Waals surface area contributed by atoms with Crippen LogP contribution in [0.15, 0.2) is 53.3 Å². The molecule has 0 radical (unpaired) electrons. The molecule has 0 spiro atoms. The summed E-state index contributed by atoms with van der Waals surface area (Å²) < 4.78 is 11.4. The third-order valence-electron chi connectivity index (χ3n) is 4.74. The van der Waals surface area contributed by atoms with E-state index in [0.29, 0.717) is 18.3 Å². The first-order chi connectivity index (χ1) is 12.7. The number of nitrogens with zero attached hydrogens (tertiary/aromatic N) is 3. The van der Waals surface area contributed by atoms with Gasteiger partial charge in [-0.05, 0) is 50.9 Å². The van der Waals surface area contributed by atoms with Crippen molar-refractivity contribution in [3.8, 4) is 17.1 Å². The summed E-state index contributed by atoms with van der Waals surface area (Å²) in [6, 6.07) is 11.6. The Labute approximate surface area is 152 Å². The molecule has 6 nitrogen and oxygen atoms in total. The molecule has 1 unspecified atom stereocenters. The molecule has 1 aliphatic heterocycles.